The fourth-order valence-corrected chi connectivity index (χ4v) is 5.34. The lowest BCUT2D eigenvalue weighted by Crippen LogP contribution is -2.54. The van der Waals surface area contributed by atoms with Gasteiger partial charge in [0.2, 0.25) is 5.91 Å². The zero-order valence-electron chi connectivity index (χ0n) is 18.9. The zero-order valence-corrected chi connectivity index (χ0v) is 18.9. The van der Waals surface area contributed by atoms with Gasteiger partial charge in [0.15, 0.2) is 0 Å². The van der Waals surface area contributed by atoms with E-state index in [2.05, 4.69) is 78.7 Å². The number of nitrogens with one attached hydrogen (secondary N) is 1. The van der Waals surface area contributed by atoms with E-state index in [1.807, 2.05) is 6.07 Å². The lowest BCUT2D eigenvalue weighted by atomic mass is 9.75. The first-order valence-electron chi connectivity index (χ1n) is 11.7. The minimum atomic E-state index is -0.121. The number of hydrogen-bond donors (Lipinski definition) is 1. The molecule has 0 bridgehead atoms. The van der Waals surface area contributed by atoms with Crippen molar-refractivity contribution in [3.8, 4) is 0 Å². The second-order valence-corrected chi connectivity index (χ2v) is 9.72. The Labute approximate surface area is 187 Å². The van der Waals surface area contributed by atoms with Crippen LogP contribution in [-0.2, 0) is 16.0 Å². The van der Waals surface area contributed by atoms with Crippen molar-refractivity contribution in [1.29, 1.82) is 0 Å². The van der Waals surface area contributed by atoms with E-state index in [9.17, 15) is 4.79 Å². The first kappa shape index (κ1) is 22.0. The average Bonchev–Trinajstić information content (AvgIpc) is 2.78. The first-order valence-corrected chi connectivity index (χ1v) is 11.7. The summed E-state index contributed by atoms with van der Waals surface area (Å²) in [7, 11) is 0. The topological polar surface area (TPSA) is 41.6 Å². The summed E-state index contributed by atoms with van der Waals surface area (Å²) in [6, 6.07) is 21.4. The number of amides is 1. The number of carbonyl (C=O) groups is 1. The predicted octanol–water partition coefficient (Wildman–Crippen LogP) is 4.41. The van der Waals surface area contributed by atoms with Crippen LogP contribution in [0.2, 0.25) is 0 Å². The fraction of sp³-hybridized carbons (Fsp3) is 0.519. The molecular formula is C27H36N2O2. The van der Waals surface area contributed by atoms with Crippen LogP contribution >= 0.6 is 0 Å². The van der Waals surface area contributed by atoms with Gasteiger partial charge in [0.25, 0.3) is 0 Å². The lowest BCUT2D eigenvalue weighted by Gasteiger charge is -2.41. The van der Waals surface area contributed by atoms with Crippen molar-refractivity contribution < 1.29 is 9.53 Å². The van der Waals surface area contributed by atoms with E-state index >= 15 is 0 Å². The smallest absolute Gasteiger partial charge is 0.223 e. The third-order valence-corrected chi connectivity index (χ3v) is 6.91. The molecule has 0 aromatic heterocycles. The molecule has 4 nitrogen and oxygen atoms in total. The van der Waals surface area contributed by atoms with E-state index in [0.717, 1.165) is 45.5 Å². The Morgan fingerprint density at radius 2 is 1.84 bits per heavy atom. The Hall–Kier alpha value is -2.17. The average molecular weight is 421 g/mol. The molecular weight excluding hydrogens is 384 g/mol. The Kier molecular flexibility index (Phi) is 7.09. The summed E-state index contributed by atoms with van der Waals surface area (Å²) in [6.07, 6.45) is 3.50. The summed E-state index contributed by atoms with van der Waals surface area (Å²) in [5.41, 5.74) is 2.46. The third-order valence-electron chi connectivity index (χ3n) is 6.91. The SMILES string of the molecule is CC1(C)CC(C(CC(=O)N2CCNCC2Cc2ccccc2)c2ccccc2)CCO1. The van der Waals surface area contributed by atoms with E-state index < -0.39 is 0 Å². The molecule has 3 atom stereocenters. The molecule has 0 aliphatic carbocycles. The highest BCUT2D eigenvalue weighted by atomic mass is 16.5. The molecule has 4 heteroatoms. The first-order chi connectivity index (χ1) is 15.0. The van der Waals surface area contributed by atoms with Crippen LogP contribution in [0.3, 0.4) is 0 Å². The summed E-state index contributed by atoms with van der Waals surface area (Å²) >= 11 is 0. The number of carbonyl (C=O) groups excluding carboxylic acids is 1. The minimum Gasteiger partial charge on any atom is -0.376 e. The van der Waals surface area contributed by atoms with Gasteiger partial charge in [-0.2, -0.15) is 0 Å². The Balaban J connectivity index is 1.51. The Bertz CT molecular complexity index is 837. The molecule has 1 amide bonds. The van der Waals surface area contributed by atoms with Crippen LogP contribution in [0, 0.1) is 5.92 Å². The highest BCUT2D eigenvalue weighted by molar-refractivity contribution is 5.77. The molecule has 1 N–H and O–H groups in total. The third kappa shape index (κ3) is 5.75. The molecule has 31 heavy (non-hydrogen) atoms. The lowest BCUT2D eigenvalue weighted by molar-refractivity contribution is -0.136. The van der Waals surface area contributed by atoms with Crippen molar-refractivity contribution >= 4 is 5.91 Å². The number of ether oxygens (including phenoxy) is 1. The van der Waals surface area contributed by atoms with E-state index in [1.54, 1.807) is 0 Å². The Morgan fingerprint density at radius 3 is 2.55 bits per heavy atom. The number of rotatable bonds is 6. The maximum atomic E-state index is 13.7. The molecule has 3 unspecified atom stereocenters. The molecule has 2 aromatic rings. The maximum Gasteiger partial charge on any atom is 0.223 e. The van der Waals surface area contributed by atoms with Crippen LogP contribution in [0.5, 0.6) is 0 Å². The largest absolute Gasteiger partial charge is 0.376 e. The molecule has 2 aliphatic rings. The standard InChI is InChI=1S/C27H36N2O2/c1-27(2)19-23(13-16-31-27)25(22-11-7-4-8-12-22)18-26(30)29-15-14-28-20-24(29)17-21-9-5-3-6-10-21/h3-12,23-25,28H,13-20H2,1-2H3. The van der Waals surface area contributed by atoms with Gasteiger partial charge in [-0.25, -0.2) is 0 Å². The van der Waals surface area contributed by atoms with Crippen molar-refractivity contribution in [1.82, 2.24) is 10.2 Å². The molecule has 2 aliphatic heterocycles. The van der Waals surface area contributed by atoms with Crippen molar-refractivity contribution in [2.75, 3.05) is 26.2 Å². The van der Waals surface area contributed by atoms with Crippen molar-refractivity contribution in [3.63, 3.8) is 0 Å². The molecule has 0 radical (unpaired) electrons. The van der Waals surface area contributed by atoms with Gasteiger partial charge in [0, 0.05) is 38.7 Å². The summed E-state index contributed by atoms with van der Waals surface area (Å²) < 4.78 is 5.98. The molecule has 2 fully saturated rings. The molecule has 4 rings (SSSR count). The van der Waals surface area contributed by atoms with Gasteiger partial charge >= 0.3 is 0 Å². The summed E-state index contributed by atoms with van der Waals surface area (Å²) in [5.74, 6) is 0.996. The van der Waals surface area contributed by atoms with Crippen LogP contribution in [0.4, 0.5) is 0 Å². The van der Waals surface area contributed by atoms with Gasteiger partial charge in [-0.1, -0.05) is 60.7 Å². The van der Waals surface area contributed by atoms with Crippen molar-refractivity contribution in [3.05, 3.63) is 71.8 Å². The highest BCUT2D eigenvalue weighted by Crippen LogP contribution is 2.40. The zero-order chi connectivity index (χ0) is 21.7. The molecule has 0 spiro atoms. The molecule has 2 saturated heterocycles. The number of benzene rings is 2. The second kappa shape index (κ2) is 9.97. The van der Waals surface area contributed by atoms with Crippen LogP contribution in [0.1, 0.15) is 50.2 Å². The highest BCUT2D eigenvalue weighted by Gasteiger charge is 2.37. The van der Waals surface area contributed by atoms with Crippen LogP contribution < -0.4 is 5.32 Å². The quantitative estimate of drug-likeness (QED) is 0.753. The fourth-order valence-electron chi connectivity index (χ4n) is 5.34. The van der Waals surface area contributed by atoms with E-state index in [1.165, 1.54) is 11.1 Å². The maximum absolute atomic E-state index is 13.7. The summed E-state index contributed by atoms with van der Waals surface area (Å²) in [6.45, 7) is 7.65. The van der Waals surface area contributed by atoms with Gasteiger partial charge in [-0.3, -0.25) is 4.79 Å². The molecule has 2 heterocycles. The molecule has 166 valence electrons. The van der Waals surface area contributed by atoms with Crippen LogP contribution in [0.15, 0.2) is 60.7 Å². The van der Waals surface area contributed by atoms with Gasteiger partial charge in [0.05, 0.1) is 5.60 Å². The van der Waals surface area contributed by atoms with E-state index in [0.29, 0.717) is 18.2 Å². The number of nitrogens with zero attached hydrogens (tertiary/aromatic N) is 1. The summed E-state index contributed by atoms with van der Waals surface area (Å²) in [4.78, 5) is 15.8. The molecule has 0 saturated carbocycles. The van der Waals surface area contributed by atoms with Gasteiger partial charge < -0.3 is 15.0 Å². The second-order valence-electron chi connectivity index (χ2n) is 9.72. The van der Waals surface area contributed by atoms with Crippen molar-refractivity contribution in [2.24, 2.45) is 5.92 Å². The van der Waals surface area contributed by atoms with E-state index in [4.69, 9.17) is 4.74 Å². The van der Waals surface area contributed by atoms with Gasteiger partial charge in [-0.05, 0) is 56.1 Å². The monoisotopic (exact) mass is 420 g/mol. The minimum absolute atomic E-state index is 0.121. The van der Waals surface area contributed by atoms with Crippen LogP contribution in [-0.4, -0.2) is 48.7 Å². The Morgan fingerprint density at radius 1 is 1.13 bits per heavy atom. The summed E-state index contributed by atoms with van der Waals surface area (Å²) in [5, 5.41) is 3.49. The normalized spacial score (nSPS) is 24.5. The number of piperazine rings is 1. The number of hydrogen-bond acceptors (Lipinski definition) is 3. The van der Waals surface area contributed by atoms with Crippen molar-refractivity contribution in [2.45, 2.75) is 57.1 Å². The van der Waals surface area contributed by atoms with Gasteiger partial charge in [0.1, 0.15) is 0 Å². The predicted molar refractivity (Wildman–Crippen MR) is 125 cm³/mol. The van der Waals surface area contributed by atoms with Crippen LogP contribution in [0.25, 0.3) is 0 Å². The van der Waals surface area contributed by atoms with E-state index in [-0.39, 0.29) is 17.6 Å². The van der Waals surface area contributed by atoms with Gasteiger partial charge in [-0.15, -0.1) is 0 Å². The molecule has 2 aromatic carbocycles.